The van der Waals surface area contributed by atoms with Gasteiger partial charge in [-0.15, -0.1) is 12.4 Å². The molecule has 0 aliphatic carbocycles. The summed E-state index contributed by atoms with van der Waals surface area (Å²) in [6, 6.07) is 18.9. The van der Waals surface area contributed by atoms with E-state index in [1.165, 1.54) is 11.1 Å². The van der Waals surface area contributed by atoms with Crippen molar-refractivity contribution in [1.82, 2.24) is 9.80 Å². The maximum absolute atomic E-state index is 5.77. The number of benzene rings is 2. The molecule has 148 valence electrons. The van der Waals surface area contributed by atoms with Crippen LogP contribution in [0.5, 0.6) is 5.75 Å². The molecule has 0 aromatic heterocycles. The summed E-state index contributed by atoms with van der Waals surface area (Å²) in [5, 5.41) is 0. The average Bonchev–Trinajstić information content (AvgIpc) is 2.68. The predicted octanol–water partition coefficient (Wildman–Crippen LogP) is 3.34. The normalized spacial score (nSPS) is 15.3. The molecule has 3 rings (SSSR count). The molecule has 0 bridgehead atoms. The van der Waals surface area contributed by atoms with Gasteiger partial charge in [-0.25, -0.2) is 0 Å². The molecule has 2 aromatic rings. The van der Waals surface area contributed by atoms with E-state index in [1.807, 2.05) is 18.2 Å². The Labute approximate surface area is 169 Å². The molecule has 0 spiro atoms. The van der Waals surface area contributed by atoms with Gasteiger partial charge in [0.05, 0.1) is 13.2 Å². The molecule has 0 amide bonds. The molecule has 1 aliphatic rings. The lowest BCUT2D eigenvalue weighted by Gasteiger charge is -2.32. The van der Waals surface area contributed by atoms with Gasteiger partial charge in [-0.3, -0.25) is 4.90 Å². The minimum absolute atomic E-state index is 0. The van der Waals surface area contributed by atoms with Crippen LogP contribution in [0.25, 0.3) is 0 Å². The second-order valence-electron chi connectivity index (χ2n) is 6.91. The van der Waals surface area contributed by atoms with Crippen molar-refractivity contribution in [3.63, 3.8) is 0 Å². The highest BCUT2D eigenvalue weighted by Gasteiger charge is 2.12. The highest BCUT2D eigenvalue weighted by Crippen LogP contribution is 2.15. The second kappa shape index (κ2) is 12.0. The Morgan fingerprint density at radius 2 is 1.44 bits per heavy atom. The highest BCUT2D eigenvalue weighted by atomic mass is 35.5. The van der Waals surface area contributed by atoms with E-state index in [9.17, 15) is 0 Å². The highest BCUT2D eigenvalue weighted by molar-refractivity contribution is 5.85. The number of halogens is 1. The van der Waals surface area contributed by atoms with Crippen molar-refractivity contribution in [2.45, 2.75) is 6.42 Å². The average molecular weight is 391 g/mol. The third-order valence-corrected chi connectivity index (χ3v) is 4.82. The van der Waals surface area contributed by atoms with Crippen molar-refractivity contribution < 1.29 is 9.47 Å². The number of hydrogen-bond donors (Lipinski definition) is 0. The Kier molecular flexibility index (Phi) is 9.64. The summed E-state index contributed by atoms with van der Waals surface area (Å²) in [5.74, 6) is 0.907. The fourth-order valence-corrected chi connectivity index (χ4v) is 3.12. The van der Waals surface area contributed by atoms with Crippen molar-refractivity contribution in [2.75, 3.05) is 59.6 Å². The molecular weight excluding hydrogens is 360 g/mol. The number of piperazine rings is 1. The van der Waals surface area contributed by atoms with Crippen LogP contribution in [-0.2, 0) is 11.2 Å². The SMILES string of the molecule is CN1CCN(CCOCCOc2ccc(Cc3ccccc3)cc2)CC1.Cl. The zero-order valence-corrected chi connectivity index (χ0v) is 17.0. The van der Waals surface area contributed by atoms with Crippen LogP contribution in [0.4, 0.5) is 0 Å². The largest absolute Gasteiger partial charge is 0.491 e. The lowest BCUT2D eigenvalue weighted by atomic mass is 10.1. The van der Waals surface area contributed by atoms with Crippen LogP contribution < -0.4 is 4.74 Å². The Balaban J connectivity index is 0.00000261. The van der Waals surface area contributed by atoms with E-state index in [1.54, 1.807) is 0 Å². The first-order chi connectivity index (χ1) is 12.8. The van der Waals surface area contributed by atoms with Gasteiger partial charge >= 0.3 is 0 Å². The van der Waals surface area contributed by atoms with Gasteiger partial charge in [0.15, 0.2) is 0 Å². The molecule has 5 heteroatoms. The monoisotopic (exact) mass is 390 g/mol. The fourth-order valence-electron chi connectivity index (χ4n) is 3.12. The zero-order chi connectivity index (χ0) is 18.0. The van der Waals surface area contributed by atoms with Crippen molar-refractivity contribution in [3.05, 3.63) is 65.7 Å². The molecule has 0 atom stereocenters. The van der Waals surface area contributed by atoms with Crippen molar-refractivity contribution >= 4 is 12.4 Å². The van der Waals surface area contributed by atoms with Gasteiger partial charge in [0.1, 0.15) is 12.4 Å². The summed E-state index contributed by atoms with van der Waals surface area (Å²) in [5.41, 5.74) is 2.63. The van der Waals surface area contributed by atoms with Crippen LogP contribution >= 0.6 is 12.4 Å². The Bertz CT molecular complexity index is 629. The quantitative estimate of drug-likeness (QED) is 0.613. The third kappa shape index (κ3) is 7.89. The molecule has 1 heterocycles. The van der Waals surface area contributed by atoms with Crippen LogP contribution in [-0.4, -0.2) is 69.4 Å². The fraction of sp³-hybridized carbons (Fsp3) is 0.455. The molecule has 1 aliphatic heterocycles. The summed E-state index contributed by atoms with van der Waals surface area (Å²) >= 11 is 0. The lowest BCUT2D eigenvalue weighted by Crippen LogP contribution is -2.45. The smallest absolute Gasteiger partial charge is 0.119 e. The molecule has 2 aromatic carbocycles. The van der Waals surface area contributed by atoms with Gasteiger partial charge in [0.25, 0.3) is 0 Å². The minimum Gasteiger partial charge on any atom is -0.491 e. The number of likely N-dealkylation sites (N-methyl/N-ethyl adjacent to an activating group) is 1. The topological polar surface area (TPSA) is 24.9 Å². The minimum atomic E-state index is 0. The standard InChI is InChI=1S/C22H30N2O2.ClH/c1-23-11-13-24(14-12-23)15-16-25-17-18-26-22-9-7-21(8-10-22)19-20-5-3-2-4-6-20;/h2-10H,11-19H2,1H3;1H. The van der Waals surface area contributed by atoms with Crippen molar-refractivity contribution in [1.29, 1.82) is 0 Å². The molecule has 27 heavy (non-hydrogen) atoms. The summed E-state index contributed by atoms with van der Waals surface area (Å²) in [7, 11) is 2.18. The van der Waals surface area contributed by atoms with E-state index in [2.05, 4.69) is 53.2 Å². The lowest BCUT2D eigenvalue weighted by molar-refractivity contribution is 0.0658. The van der Waals surface area contributed by atoms with Crippen LogP contribution in [0.15, 0.2) is 54.6 Å². The van der Waals surface area contributed by atoms with E-state index in [0.717, 1.165) is 51.5 Å². The number of nitrogens with zero attached hydrogens (tertiary/aromatic N) is 2. The van der Waals surface area contributed by atoms with Gasteiger partial charge in [-0.1, -0.05) is 42.5 Å². The molecule has 0 radical (unpaired) electrons. The number of hydrogen-bond acceptors (Lipinski definition) is 4. The first-order valence-electron chi connectivity index (χ1n) is 9.54. The summed E-state index contributed by atoms with van der Waals surface area (Å²) < 4.78 is 11.5. The summed E-state index contributed by atoms with van der Waals surface area (Å²) in [6.07, 6.45) is 0.955. The first-order valence-corrected chi connectivity index (χ1v) is 9.54. The van der Waals surface area contributed by atoms with Crippen LogP contribution in [0.2, 0.25) is 0 Å². The van der Waals surface area contributed by atoms with E-state index in [0.29, 0.717) is 13.2 Å². The van der Waals surface area contributed by atoms with Gasteiger partial charge in [0.2, 0.25) is 0 Å². The van der Waals surface area contributed by atoms with Gasteiger partial charge in [-0.05, 0) is 36.7 Å². The van der Waals surface area contributed by atoms with E-state index >= 15 is 0 Å². The summed E-state index contributed by atoms with van der Waals surface area (Å²) in [4.78, 5) is 4.84. The Morgan fingerprint density at radius 1 is 0.778 bits per heavy atom. The van der Waals surface area contributed by atoms with Crippen LogP contribution in [0.1, 0.15) is 11.1 Å². The van der Waals surface area contributed by atoms with Gasteiger partial charge < -0.3 is 14.4 Å². The maximum atomic E-state index is 5.77. The molecule has 1 fully saturated rings. The molecule has 1 saturated heterocycles. The van der Waals surface area contributed by atoms with Crippen LogP contribution in [0.3, 0.4) is 0 Å². The molecule has 0 unspecified atom stereocenters. The van der Waals surface area contributed by atoms with Crippen molar-refractivity contribution in [2.24, 2.45) is 0 Å². The summed E-state index contributed by atoms with van der Waals surface area (Å²) in [6.45, 7) is 7.63. The molecule has 4 nitrogen and oxygen atoms in total. The zero-order valence-electron chi connectivity index (χ0n) is 16.2. The molecular formula is C22H31ClN2O2. The molecule has 0 saturated carbocycles. The van der Waals surface area contributed by atoms with Gasteiger partial charge in [0, 0.05) is 32.7 Å². The third-order valence-electron chi connectivity index (χ3n) is 4.82. The number of ether oxygens (including phenoxy) is 2. The maximum Gasteiger partial charge on any atom is 0.119 e. The van der Waals surface area contributed by atoms with Crippen LogP contribution in [0, 0.1) is 0 Å². The Morgan fingerprint density at radius 3 is 2.15 bits per heavy atom. The second-order valence-corrected chi connectivity index (χ2v) is 6.91. The van der Waals surface area contributed by atoms with E-state index in [4.69, 9.17) is 9.47 Å². The van der Waals surface area contributed by atoms with E-state index < -0.39 is 0 Å². The van der Waals surface area contributed by atoms with E-state index in [-0.39, 0.29) is 12.4 Å². The Hall–Kier alpha value is -1.59. The van der Waals surface area contributed by atoms with Gasteiger partial charge in [-0.2, -0.15) is 0 Å². The first kappa shape index (κ1) is 21.7. The molecule has 0 N–H and O–H groups in total. The number of rotatable bonds is 9. The predicted molar refractivity (Wildman–Crippen MR) is 113 cm³/mol. The van der Waals surface area contributed by atoms with Crippen molar-refractivity contribution in [3.8, 4) is 5.75 Å².